The third-order valence-corrected chi connectivity index (χ3v) is 4.23. The summed E-state index contributed by atoms with van der Waals surface area (Å²) in [6.45, 7) is 0. The SMILES string of the molecule is CN(C(=O)OC1CCCCC1)C1CCCCC1. The first-order valence-electron chi connectivity index (χ1n) is 7.21. The number of hydrogen-bond donors (Lipinski definition) is 0. The summed E-state index contributed by atoms with van der Waals surface area (Å²) >= 11 is 0. The molecule has 98 valence electrons. The Bertz CT molecular complexity index is 243. The molecule has 0 aromatic heterocycles. The summed E-state index contributed by atoms with van der Waals surface area (Å²) in [6.07, 6.45) is 12.1. The third kappa shape index (κ3) is 3.62. The van der Waals surface area contributed by atoms with Gasteiger partial charge in [-0.3, -0.25) is 0 Å². The largest absolute Gasteiger partial charge is 0.446 e. The van der Waals surface area contributed by atoms with Crippen LogP contribution in [0.25, 0.3) is 0 Å². The highest BCUT2D eigenvalue weighted by molar-refractivity contribution is 5.67. The van der Waals surface area contributed by atoms with Gasteiger partial charge in [0.1, 0.15) is 6.10 Å². The predicted molar refractivity (Wildman–Crippen MR) is 68.0 cm³/mol. The maximum absolute atomic E-state index is 12.0. The summed E-state index contributed by atoms with van der Waals surface area (Å²) < 4.78 is 5.59. The lowest BCUT2D eigenvalue weighted by molar-refractivity contribution is 0.0385. The summed E-state index contributed by atoms with van der Waals surface area (Å²) in [5.41, 5.74) is 0. The molecule has 0 N–H and O–H groups in total. The number of hydrogen-bond acceptors (Lipinski definition) is 2. The third-order valence-electron chi connectivity index (χ3n) is 4.23. The van der Waals surface area contributed by atoms with Crippen molar-refractivity contribution in [1.82, 2.24) is 4.90 Å². The maximum atomic E-state index is 12.0. The number of amides is 1. The van der Waals surface area contributed by atoms with E-state index in [-0.39, 0.29) is 12.2 Å². The van der Waals surface area contributed by atoms with E-state index in [0.29, 0.717) is 6.04 Å². The zero-order valence-corrected chi connectivity index (χ0v) is 11.0. The highest BCUT2D eigenvalue weighted by atomic mass is 16.6. The molecule has 2 aliphatic carbocycles. The second kappa shape index (κ2) is 6.27. The molecule has 2 saturated carbocycles. The molecule has 1 amide bonds. The average Bonchev–Trinajstić information content (AvgIpc) is 2.40. The minimum absolute atomic E-state index is 0.0937. The van der Waals surface area contributed by atoms with Crippen LogP contribution in [0.3, 0.4) is 0 Å². The van der Waals surface area contributed by atoms with Crippen LogP contribution in [0.15, 0.2) is 0 Å². The molecule has 0 bridgehead atoms. The van der Waals surface area contributed by atoms with Crippen molar-refractivity contribution in [2.24, 2.45) is 0 Å². The van der Waals surface area contributed by atoms with Crippen LogP contribution < -0.4 is 0 Å². The van der Waals surface area contributed by atoms with E-state index in [4.69, 9.17) is 4.74 Å². The van der Waals surface area contributed by atoms with E-state index in [1.807, 2.05) is 11.9 Å². The number of carbonyl (C=O) groups excluding carboxylic acids is 1. The van der Waals surface area contributed by atoms with Crippen molar-refractivity contribution < 1.29 is 9.53 Å². The Morgan fingerprint density at radius 3 is 2.06 bits per heavy atom. The fourth-order valence-electron chi connectivity index (χ4n) is 3.03. The fraction of sp³-hybridized carbons (Fsp3) is 0.929. The fourth-order valence-corrected chi connectivity index (χ4v) is 3.03. The molecule has 0 atom stereocenters. The molecular weight excluding hydrogens is 214 g/mol. The van der Waals surface area contributed by atoms with Crippen LogP contribution in [0.5, 0.6) is 0 Å². The molecule has 3 heteroatoms. The average molecular weight is 239 g/mol. The lowest BCUT2D eigenvalue weighted by atomic mass is 9.95. The molecular formula is C14H25NO2. The molecule has 0 heterocycles. The summed E-state index contributed by atoms with van der Waals surface area (Å²) in [7, 11) is 1.90. The van der Waals surface area contributed by atoms with E-state index in [1.165, 1.54) is 38.5 Å². The first-order valence-corrected chi connectivity index (χ1v) is 7.21. The van der Waals surface area contributed by atoms with Crippen LogP contribution in [0.1, 0.15) is 64.2 Å². The van der Waals surface area contributed by atoms with Gasteiger partial charge in [-0.05, 0) is 38.5 Å². The van der Waals surface area contributed by atoms with Gasteiger partial charge in [-0.2, -0.15) is 0 Å². The van der Waals surface area contributed by atoms with Crippen LogP contribution in [0.4, 0.5) is 4.79 Å². The Hall–Kier alpha value is -0.730. The highest BCUT2D eigenvalue weighted by Gasteiger charge is 2.25. The van der Waals surface area contributed by atoms with Gasteiger partial charge in [0.05, 0.1) is 0 Å². The van der Waals surface area contributed by atoms with Crippen LogP contribution >= 0.6 is 0 Å². The van der Waals surface area contributed by atoms with E-state index in [0.717, 1.165) is 25.7 Å². The molecule has 0 saturated heterocycles. The summed E-state index contributed by atoms with van der Waals surface area (Å²) in [6, 6.07) is 0.417. The topological polar surface area (TPSA) is 29.5 Å². The van der Waals surface area contributed by atoms with Crippen LogP contribution in [0, 0.1) is 0 Å². The van der Waals surface area contributed by atoms with Crippen molar-refractivity contribution in [2.75, 3.05) is 7.05 Å². The van der Waals surface area contributed by atoms with Gasteiger partial charge < -0.3 is 9.64 Å². The normalized spacial score (nSPS) is 23.4. The summed E-state index contributed by atoms with van der Waals surface area (Å²) in [5.74, 6) is 0. The van der Waals surface area contributed by atoms with Crippen LogP contribution in [0.2, 0.25) is 0 Å². The monoisotopic (exact) mass is 239 g/mol. The number of ether oxygens (including phenoxy) is 1. The second-order valence-electron chi connectivity index (χ2n) is 5.55. The first-order chi connectivity index (χ1) is 8.27. The van der Waals surface area contributed by atoms with Gasteiger partial charge in [-0.15, -0.1) is 0 Å². The summed E-state index contributed by atoms with van der Waals surface area (Å²) in [4.78, 5) is 13.9. The highest BCUT2D eigenvalue weighted by Crippen LogP contribution is 2.24. The molecule has 0 radical (unpaired) electrons. The van der Waals surface area contributed by atoms with Crippen molar-refractivity contribution in [2.45, 2.75) is 76.4 Å². The second-order valence-corrected chi connectivity index (χ2v) is 5.55. The smallest absolute Gasteiger partial charge is 0.410 e. The molecule has 2 rings (SSSR count). The van der Waals surface area contributed by atoms with Crippen molar-refractivity contribution in [3.05, 3.63) is 0 Å². The number of rotatable bonds is 2. The molecule has 0 spiro atoms. The molecule has 0 unspecified atom stereocenters. The molecule has 2 aliphatic rings. The minimum atomic E-state index is -0.0937. The molecule has 2 fully saturated rings. The molecule has 0 aliphatic heterocycles. The quantitative estimate of drug-likeness (QED) is 0.735. The van der Waals surface area contributed by atoms with Gasteiger partial charge in [0.15, 0.2) is 0 Å². The maximum Gasteiger partial charge on any atom is 0.410 e. The Balaban J connectivity index is 1.77. The van der Waals surface area contributed by atoms with Crippen molar-refractivity contribution in [3.8, 4) is 0 Å². The minimum Gasteiger partial charge on any atom is -0.446 e. The Labute approximate surface area is 105 Å². The summed E-state index contributed by atoms with van der Waals surface area (Å²) in [5, 5.41) is 0. The van der Waals surface area contributed by atoms with E-state index in [1.54, 1.807) is 0 Å². The first kappa shape index (κ1) is 12.7. The molecule has 0 aromatic carbocycles. The zero-order chi connectivity index (χ0) is 12.1. The van der Waals surface area contributed by atoms with E-state index >= 15 is 0 Å². The Morgan fingerprint density at radius 2 is 1.47 bits per heavy atom. The van der Waals surface area contributed by atoms with E-state index in [9.17, 15) is 4.79 Å². The molecule has 17 heavy (non-hydrogen) atoms. The number of carbonyl (C=O) groups is 1. The van der Waals surface area contributed by atoms with Crippen LogP contribution in [-0.2, 0) is 4.74 Å². The molecule has 3 nitrogen and oxygen atoms in total. The van der Waals surface area contributed by atoms with Gasteiger partial charge in [-0.1, -0.05) is 25.7 Å². The van der Waals surface area contributed by atoms with Gasteiger partial charge >= 0.3 is 6.09 Å². The standard InChI is InChI=1S/C14H25NO2/c1-15(12-8-4-2-5-9-12)14(16)17-13-10-6-3-7-11-13/h12-13H,2-11H2,1H3. The Morgan fingerprint density at radius 1 is 0.941 bits per heavy atom. The Kier molecular flexibility index (Phi) is 4.69. The van der Waals surface area contributed by atoms with E-state index in [2.05, 4.69) is 0 Å². The predicted octanol–water partition coefficient (Wildman–Crippen LogP) is 3.72. The lowest BCUT2D eigenvalue weighted by Gasteiger charge is -2.32. The van der Waals surface area contributed by atoms with Crippen molar-refractivity contribution in [3.63, 3.8) is 0 Å². The zero-order valence-electron chi connectivity index (χ0n) is 11.0. The van der Waals surface area contributed by atoms with Crippen molar-refractivity contribution >= 4 is 6.09 Å². The lowest BCUT2D eigenvalue weighted by Crippen LogP contribution is -2.40. The van der Waals surface area contributed by atoms with E-state index < -0.39 is 0 Å². The van der Waals surface area contributed by atoms with Gasteiger partial charge in [0.2, 0.25) is 0 Å². The van der Waals surface area contributed by atoms with Crippen LogP contribution in [-0.4, -0.2) is 30.2 Å². The van der Waals surface area contributed by atoms with Gasteiger partial charge in [0.25, 0.3) is 0 Å². The van der Waals surface area contributed by atoms with Crippen molar-refractivity contribution in [1.29, 1.82) is 0 Å². The molecule has 0 aromatic rings. The van der Waals surface area contributed by atoms with Gasteiger partial charge in [0, 0.05) is 13.1 Å². The number of nitrogens with zero attached hydrogens (tertiary/aromatic N) is 1. The van der Waals surface area contributed by atoms with Gasteiger partial charge in [-0.25, -0.2) is 4.79 Å².